The average molecular weight is 294 g/mol. The van der Waals surface area contributed by atoms with Gasteiger partial charge in [0.05, 0.1) is 18.7 Å². The number of carbonyl (C=O) groups is 1. The van der Waals surface area contributed by atoms with E-state index < -0.39 is 0 Å². The number of nitriles is 1. The molecule has 1 N–H and O–H groups in total. The summed E-state index contributed by atoms with van der Waals surface area (Å²) < 4.78 is 5.23. The molecule has 0 saturated carbocycles. The van der Waals surface area contributed by atoms with Crippen molar-refractivity contribution in [3.05, 3.63) is 64.7 Å². The van der Waals surface area contributed by atoms with E-state index in [0.29, 0.717) is 17.7 Å². The third-order valence-corrected chi connectivity index (χ3v) is 3.41. The van der Waals surface area contributed by atoms with E-state index in [9.17, 15) is 4.79 Å². The zero-order valence-corrected chi connectivity index (χ0v) is 12.7. The Balaban J connectivity index is 1.92. The fourth-order valence-electron chi connectivity index (χ4n) is 2.25. The minimum atomic E-state index is -0.165. The van der Waals surface area contributed by atoms with Crippen molar-refractivity contribution in [3.63, 3.8) is 0 Å². The molecule has 0 spiro atoms. The summed E-state index contributed by atoms with van der Waals surface area (Å²) >= 11 is 0. The predicted octanol–water partition coefficient (Wildman–Crippen LogP) is 2.85. The molecule has 0 aliphatic carbocycles. The summed E-state index contributed by atoms with van der Waals surface area (Å²) in [6, 6.07) is 14.7. The quantitative estimate of drug-likeness (QED) is 0.922. The van der Waals surface area contributed by atoms with Crippen LogP contribution in [-0.2, 0) is 6.42 Å². The van der Waals surface area contributed by atoms with E-state index >= 15 is 0 Å². The van der Waals surface area contributed by atoms with Gasteiger partial charge in [-0.25, -0.2) is 0 Å². The van der Waals surface area contributed by atoms with Crippen LogP contribution in [0.2, 0.25) is 0 Å². The van der Waals surface area contributed by atoms with Crippen LogP contribution in [-0.4, -0.2) is 19.6 Å². The van der Waals surface area contributed by atoms with Crippen molar-refractivity contribution in [2.45, 2.75) is 13.3 Å². The third-order valence-electron chi connectivity index (χ3n) is 3.41. The van der Waals surface area contributed by atoms with Gasteiger partial charge in [0.15, 0.2) is 0 Å². The molecular formula is C18H18N2O2. The molecule has 2 rings (SSSR count). The second kappa shape index (κ2) is 7.28. The van der Waals surface area contributed by atoms with E-state index in [4.69, 9.17) is 10.00 Å². The Morgan fingerprint density at radius 3 is 2.77 bits per heavy atom. The topological polar surface area (TPSA) is 62.1 Å². The van der Waals surface area contributed by atoms with Crippen molar-refractivity contribution in [2.75, 3.05) is 13.7 Å². The summed E-state index contributed by atoms with van der Waals surface area (Å²) in [6.07, 6.45) is 0.745. The molecule has 22 heavy (non-hydrogen) atoms. The Bertz CT molecular complexity index is 717. The summed E-state index contributed by atoms with van der Waals surface area (Å²) in [5, 5.41) is 11.7. The number of ether oxygens (including phenoxy) is 1. The first-order chi connectivity index (χ1) is 10.6. The van der Waals surface area contributed by atoms with Crippen molar-refractivity contribution in [1.29, 1.82) is 5.26 Å². The maximum absolute atomic E-state index is 12.0. The lowest BCUT2D eigenvalue weighted by Gasteiger charge is -2.08. The molecule has 1 amide bonds. The van der Waals surface area contributed by atoms with Crippen LogP contribution in [0.3, 0.4) is 0 Å². The molecule has 2 aromatic carbocycles. The molecule has 0 fully saturated rings. The van der Waals surface area contributed by atoms with Crippen LogP contribution >= 0.6 is 0 Å². The number of hydrogen-bond donors (Lipinski definition) is 1. The van der Waals surface area contributed by atoms with Crippen molar-refractivity contribution in [3.8, 4) is 11.8 Å². The summed E-state index contributed by atoms with van der Waals surface area (Å²) in [5.74, 6) is 0.698. The lowest BCUT2D eigenvalue weighted by Crippen LogP contribution is -2.25. The number of nitrogens with one attached hydrogen (secondary N) is 1. The molecule has 0 radical (unpaired) electrons. The lowest BCUT2D eigenvalue weighted by atomic mass is 10.1. The predicted molar refractivity (Wildman–Crippen MR) is 84.9 cm³/mol. The first kappa shape index (κ1) is 15.6. The highest BCUT2D eigenvalue weighted by atomic mass is 16.5. The number of rotatable bonds is 5. The second-order valence-corrected chi connectivity index (χ2v) is 5.00. The van der Waals surface area contributed by atoms with Gasteiger partial charge in [-0.2, -0.15) is 5.26 Å². The van der Waals surface area contributed by atoms with Gasteiger partial charge in [0.25, 0.3) is 5.91 Å². The summed E-state index contributed by atoms with van der Waals surface area (Å²) in [6.45, 7) is 2.54. The Hall–Kier alpha value is -2.80. The largest absolute Gasteiger partial charge is 0.496 e. The van der Waals surface area contributed by atoms with Crippen LogP contribution in [0, 0.1) is 18.3 Å². The molecule has 0 bridgehead atoms. The van der Waals surface area contributed by atoms with Gasteiger partial charge in [-0.05, 0) is 48.7 Å². The van der Waals surface area contributed by atoms with Gasteiger partial charge in [0, 0.05) is 12.1 Å². The van der Waals surface area contributed by atoms with Crippen LogP contribution in [0.4, 0.5) is 0 Å². The zero-order chi connectivity index (χ0) is 15.9. The second-order valence-electron chi connectivity index (χ2n) is 5.00. The molecule has 0 aliphatic heterocycles. The SMILES string of the molecule is COc1ccc(CCNC(=O)c2cccc(C#N)c2)cc1C. The van der Waals surface area contributed by atoms with Gasteiger partial charge in [0.1, 0.15) is 5.75 Å². The van der Waals surface area contributed by atoms with E-state index in [-0.39, 0.29) is 5.91 Å². The standard InChI is InChI=1S/C18H18N2O2/c1-13-10-14(6-7-17(13)22-2)8-9-20-18(21)16-5-3-4-15(11-16)12-19/h3-7,10-11H,8-9H2,1-2H3,(H,20,21). The number of benzene rings is 2. The minimum Gasteiger partial charge on any atom is -0.496 e. The number of carbonyl (C=O) groups excluding carboxylic acids is 1. The molecule has 4 heteroatoms. The van der Waals surface area contributed by atoms with E-state index in [0.717, 1.165) is 23.3 Å². The van der Waals surface area contributed by atoms with Gasteiger partial charge < -0.3 is 10.1 Å². The fourth-order valence-corrected chi connectivity index (χ4v) is 2.25. The van der Waals surface area contributed by atoms with Crippen LogP contribution < -0.4 is 10.1 Å². The Kier molecular flexibility index (Phi) is 5.16. The first-order valence-electron chi connectivity index (χ1n) is 7.06. The fraction of sp³-hybridized carbons (Fsp3) is 0.222. The highest BCUT2D eigenvalue weighted by Gasteiger charge is 2.06. The van der Waals surface area contributed by atoms with Crippen molar-refractivity contribution >= 4 is 5.91 Å². The maximum atomic E-state index is 12.0. The monoisotopic (exact) mass is 294 g/mol. The van der Waals surface area contributed by atoms with Crippen LogP contribution in [0.25, 0.3) is 0 Å². The Morgan fingerprint density at radius 1 is 1.27 bits per heavy atom. The van der Waals surface area contributed by atoms with Gasteiger partial charge >= 0.3 is 0 Å². The maximum Gasteiger partial charge on any atom is 0.251 e. The summed E-state index contributed by atoms with van der Waals surface area (Å²) in [4.78, 5) is 12.0. The molecule has 0 saturated heterocycles. The van der Waals surface area contributed by atoms with E-state index in [1.165, 1.54) is 0 Å². The number of methoxy groups -OCH3 is 1. The molecule has 4 nitrogen and oxygen atoms in total. The van der Waals surface area contributed by atoms with E-state index in [1.807, 2.05) is 25.1 Å². The van der Waals surface area contributed by atoms with E-state index in [1.54, 1.807) is 31.4 Å². The molecular weight excluding hydrogens is 276 g/mol. The molecule has 0 aliphatic rings. The third kappa shape index (κ3) is 3.86. The lowest BCUT2D eigenvalue weighted by molar-refractivity contribution is 0.0954. The molecule has 0 unspecified atom stereocenters. The highest BCUT2D eigenvalue weighted by molar-refractivity contribution is 5.94. The molecule has 0 aromatic heterocycles. The van der Waals surface area contributed by atoms with Gasteiger partial charge in [0.2, 0.25) is 0 Å². The Morgan fingerprint density at radius 2 is 2.09 bits per heavy atom. The first-order valence-corrected chi connectivity index (χ1v) is 7.06. The van der Waals surface area contributed by atoms with Crippen LogP contribution in [0.1, 0.15) is 27.0 Å². The average Bonchev–Trinajstić information content (AvgIpc) is 2.55. The highest BCUT2D eigenvalue weighted by Crippen LogP contribution is 2.18. The number of amides is 1. The molecule has 0 atom stereocenters. The van der Waals surface area contributed by atoms with Crippen molar-refractivity contribution < 1.29 is 9.53 Å². The number of aryl methyl sites for hydroxylation is 1. The molecule has 2 aromatic rings. The van der Waals surface area contributed by atoms with Gasteiger partial charge in [-0.3, -0.25) is 4.79 Å². The molecule has 112 valence electrons. The van der Waals surface area contributed by atoms with Crippen molar-refractivity contribution in [1.82, 2.24) is 5.32 Å². The van der Waals surface area contributed by atoms with E-state index in [2.05, 4.69) is 11.4 Å². The molecule has 0 heterocycles. The summed E-state index contributed by atoms with van der Waals surface area (Å²) in [7, 11) is 1.65. The van der Waals surface area contributed by atoms with Crippen LogP contribution in [0.15, 0.2) is 42.5 Å². The van der Waals surface area contributed by atoms with Gasteiger partial charge in [-0.1, -0.05) is 18.2 Å². The van der Waals surface area contributed by atoms with Gasteiger partial charge in [-0.15, -0.1) is 0 Å². The smallest absolute Gasteiger partial charge is 0.251 e. The minimum absolute atomic E-state index is 0.165. The van der Waals surface area contributed by atoms with Crippen LogP contribution in [0.5, 0.6) is 5.75 Å². The normalized spacial score (nSPS) is 9.86. The van der Waals surface area contributed by atoms with Crippen molar-refractivity contribution in [2.24, 2.45) is 0 Å². The summed E-state index contributed by atoms with van der Waals surface area (Å²) in [5.41, 5.74) is 3.21. The zero-order valence-electron chi connectivity index (χ0n) is 12.7. The number of hydrogen-bond acceptors (Lipinski definition) is 3. The number of nitrogens with zero attached hydrogens (tertiary/aromatic N) is 1. The Labute approximate surface area is 130 Å².